The monoisotopic (exact) mass is 333 g/mol. The van der Waals surface area contributed by atoms with Crippen LogP contribution in [0.3, 0.4) is 0 Å². The lowest BCUT2D eigenvalue weighted by molar-refractivity contribution is -0.143. The van der Waals surface area contributed by atoms with Gasteiger partial charge in [-0.3, -0.25) is 5.84 Å². The number of nitrogen functional groups attached to an aromatic ring is 1. The highest BCUT2D eigenvalue weighted by Crippen LogP contribution is 2.17. The van der Waals surface area contributed by atoms with E-state index in [9.17, 15) is 0 Å². The van der Waals surface area contributed by atoms with E-state index in [1.165, 1.54) is 0 Å². The van der Waals surface area contributed by atoms with Gasteiger partial charge < -0.3 is 19.8 Å². The second-order valence-electron chi connectivity index (χ2n) is 4.85. The molecule has 9 heteroatoms. The van der Waals surface area contributed by atoms with E-state index >= 15 is 0 Å². The fourth-order valence-electron chi connectivity index (χ4n) is 2.22. The predicted octanol–water partition coefficient (Wildman–Crippen LogP) is -0.183. The molecule has 0 unspecified atom stereocenters. The Balaban J connectivity index is 2.27. The van der Waals surface area contributed by atoms with Crippen molar-refractivity contribution >= 4 is 17.1 Å². The Labute approximate surface area is 140 Å². The smallest absolute Gasteiger partial charge is 0.222 e. The summed E-state index contributed by atoms with van der Waals surface area (Å²) in [7, 11) is 0. The quantitative estimate of drug-likeness (QED) is 0.263. The van der Waals surface area contributed by atoms with Gasteiger partial charge in [0.25, 0.3) is 0 Å². The van der Waals surface area contributed by atoms with Gasteiger partial charge in [-0.2, -0.15) is 4.98 Å². The normalized spacial score (nSPS) is 11.0. The maximum absolute atomic E-state index is 5.82. The van der Waals surface area contributed by atoms with Crippen molar-refractivity contribution in [2.45, 2.75) is 33.1 Å². The first kappa shape index (κ1) is 18.1. The van der Waals surface area contributed by atoms with E-state index in [4.69, 9.17) is 21.1 Å². The molecule has 0 radical (unpaired) electrons. The van der Waals surface area contributed by atoms with Gasteiger partial charge in [0.05, 0.1) is 31.5 Å². The van der Waals surface area contributed by atoms with E-state index in [0.29, 0.717) is 49.6 Å². The summed E-state index contributed by atoms with van der Waals surface area (Å²) >= 11 is 0. The van der Waals surface area contributed by atoms with Crippen LogP contribution in [0.1, 0.15) is 19.5 Å². The Morgan fingerprint density at radius 1 is 1.25 bits per heavy atom. The summed E-state index contributed by atoms with van der Waals surface area (Å²) < 4.78 is 13.0. The first-order valence-corrected chi connectivity index (χ1v) is 7.79. The molecule has 0 fully saturated rings. The van der Waals surface area contributed by atoms with Crippen LogP contribution in [-0.4, -0.2) is 45.6 Å². The zero-order valence-electron chi connectivity index (χ0n) is 14.0. The lowest BCUT2D eigenvalue weighted by atomic mass is 10.2. The van der Waals surface area contributed by atoms with Gasteiger partial charge in [0.2, 0.25) is 5.95 Å². The van der Waals surface area contributed by atoms with Crippen molar-refractivity contribution in [3.05, 3.63) is 12.0 Å². The molecule has 0 spiro atoms. The average Bonchev–Trinajstić information content (AvgIpc) is 2.95. The van der Waals surface area contributed by atoms with Crippen molar-refractivity contribution in [1.82, 2.24) is 24.9 Å². The minimum absolute atomic E-state index is 0.183. The van der Waals surface area contributed by atoms with Crippen LogP contribution >= 0.6 is 0 Å². The van der Waals surface area contributed by atoms with Crippen LogP contribution in [0, 0.1) is 11.8 Å². The third kappa shape index (κ3) is 4.62. The highest BCUT2D eigenvalue weighted by Gasteiger charge is 2.15. The van der Waals surface area contributed by atoms with Crippen molar-refractivity contribution in [2.24, 2.45) is 5.84 Å². The molecule has 2 aromatic rings. The molecule has 0 aliphatic carbocycles. The summed E-state index contributed by atoms with van der Waals surface area (Å²) in [6, 6.07) is 0. The fourth-order valence-corrected chi connectivity index (χ4v) is 2.22. The summed E-state index contributed by atoms with van der Waals surface area (Å²) in [5, 5.41) is 0. The zero-order chi connectivity index (χ0) is 17.4. The molecule has 0 saturated heterocycles. The number of nitrogens with one attached hydrogen (secondary N) is 1. The molecule has 0 bridgehead atoms. The van der Waals surface area contributed by atoms with Crippen LogP contribution in [0.5, 0.6) is 0 Å². The maximum Gasteiger partial charge on any atom is 0.222 e. The molecular weight excluding hydrogens is 310 g/mol. The van der Waals surface area contributed by atoms with E-state index in [1.54, 1.807) is 6.33 Å². The van der Waals surface area contributed by atoms with Gasteiger partial charge in [-0.25, -0.2) is 15.4 Å². The molecule has 0 atom stereocenters. The van der Waals surface area contributed by atoms with Crippen LogP contribution in [-0.2, 0) is 22.4 Å². The summed E-state index contributed by atoms with van der Waals surface area (Å²) in [5.74, 6) is 11.2. The van der Waals surface area contributed by atoms with E-state index in [-0.39, 0.29) is 12.2 Å². The number of imidazole rings is 1. The lowest BCUT2D eigenvalue weighted by Crippen LogP contribution is -2.23. The van der Waals surface area contributed by atoms with Crippen molar-refractivity contribution < 1.29 is 9.47 Å². The lowest BCUT2D eigenvalue weighted by Gasteiger charge is -2.17. The van der Waals surface area contributed by atoms with Gasteiger partial charge in [-0.05, 0) is 13.8 Å². The number of anilines is 1. The number of hydrazine groups is 1. The predicted molar refractivity (Wildman–Crippen MR) is 90.4 cm³/mol. The number of hydrogen-bond donors (Lipinski definition) is 3. The fraction of sp³-hybridized carbons (Fsp3) is 0.533. The molecule has 0 amide bonds. The number of nitrogens with zero attached hydrogens (tertiary/aromatic N) is 4. The van der Waals surface area contributed by atoms with Crippen LogP contribution < -0.4 is 17.0 Å². The van der Waals surface area contributed by atoms with Gasteiger partial charge >= 0.3 is 0 Å². The zero-order valence-corrected chi connectivity index (χ0v) is 14.0. The minimum Gasteiger partial charge on any atom is -0.368 e. The number of hydrogen-bond acceptors (Lipinski definition) is 8. The number of rotatable bonds is 8. The van der Waals surface area contributed by atoms with Crippen LogP contribution in [0.4, 0.5) is 5.95 Å². The van der Waals surface area contributed by atoms with Gasteiger partial charge in [0.15, 0.2) is 11.9 Å². The van der Waals surface area contributed by atoms with Crippen LogP contribution in [0.25, 0.3) is 11.2 Å². The minimum atomic E-state index is -0.368. The Hall–Kier alpha value is -2.25. The molecule has 0 aromatic carbocycles. The Bertz CT molecular complexity index is 714. The molecule has 2 aromatic heterocycles. The SMILES string of the molecule is CCOC(Cn1cnc2c(CC#CCNN)nc(N)nc21)OCC. The number of nitrogens with two attached hydrogens (primary N) is 2. The summed E-state index contributed by atoms with van der Waals surface area (Å²) in [4.78, 5) is 12.9. The van der Waals surface area contributed by atoms with E-state index in [1.807, 2.05) is 18.4 Å². The summed E-state index contributed by atoms with van der Waals surface area (Å²) in [6.45, 7) is 5.84. The summed E-state index contributed by atoms with van der Waals surface area (Å²) in [5.41, 5.74) is 10.3. The van der Waals surface area contributed by atoms with Gasteiger partial charge in [-0.1, -0.05) is 11.8 Å². The molecule has 0 aliphatic heterocycles. The first-order chi connectivity index (χ1) is 11.7. The second kappa shape index (κ2) is 9.14. The molecule has 5 N–H and O–H groups in total. The molecule has 9 nitrogen and oxygen atoms in total. The van der Waals surface area contributed by atoms with Crippen LogP contribution in [0.15, 0.2) is 6.33 Å². The van der Waals surface area contributed by atoms with Gasteiger partial charge in [0.1, 0.15) is 5.52 Å². The largest absolute Gasteiger partial charge is 0.368 e. The van der Waals surface area contributed by atoms with Crippen molar-refractivity contribution in [3.63, 3.8) is 0 Å². The van der Waals surface area contributed by atoms with Crippen molar-refractivity contribution in [1.29, 1.82) is 0 Å². The standard InChI is InChI=1S/C15H23N7O2/c1-3-23-12(24-4-2)9-22-10-18-13-11(7-5-6-8-19-17)20-15(16)21-14(13)22/h10,12,19H,3-4,7-9,17H2,1-2H3,(H2,16,20,21). The molecule has 2 heterocycles. The third-order valence-electron chi connectivity index (χ3n) is 3.18. The molecular formula is C15H23N7O2. The van der Waals surface area contributed by atoms with E-state index in [0.717, 1.165) is 0 Å². The second-order valence-corrected chi connectivity index (χ2v) is 4.85. The number of aromatic nitrogens is 4. The Morgan fingerprint density at radius 3 is 2.67 bits per heavy atom. The number of ether oxygens (including phenoxy) is 2. The first-order valence-electron chi connectivity index (χ1n) is 7.79. The number of fused-ring (bicyclic) bond motifs is 1. The Morgan fingerprint density at radius 2 is 2.00 bits per heavy atom. The topological polar surface area (TPSA) is 126 Å². The van der Waals surface area contributed by atoms with Gasteiger partial charge in [-0.15, -0.1) is 0 Å². The van der Waals surface area contributed by atoms with E-state index in [2.05, 4.69) is 32.2 Å². The molecule has 130 valence electrons. The van der Waals surface area contributed by atoms with Crippen molar-refractivity contribution in [2.75, 3.05) is 25.5 Å². The molecule has 0 aliphatic rings. The van der Waals surface area contributed by atoms with E-state index < -0.39 is 0 Å². The molecule has 24 heavy (non-hydrogen) atoms. The van der Waals surface area contributed by atoms with Crippen molar-refractivity contribution in [3.8, 4) is 11.8 Å². The van der Waals surface area contributed by atoms with Gasteiger partial charge in [0, 0.05) is 13.2 Å². The van der Waals surface area contributed by atoms with Crippen LogP contribution in [0.2, 0.25) is 0 Å². The highest BCUT2D eigenvalue weighted by atomic mass is 16.7. The molecule has 0 saturated carbocycles. The Kier molecular flexibility index (Phi) is 6.89. The maximum atomic E-state index is 5.82. The third-order valence-corrected chi connectivity index (χ3v) is 3.18. The highest BCUT2D eigenvalue weighted by molar-refractivity contribution is 5.75. The molecule has 2 rings (SSSR count). The summed E-state index contributed by atoms with van der Waals surface area (Å²) in [6.07, 6.45) is 1.73. The average molecular weight is 333 g/mol.